The predicted octanol–water partition coefficient (Wildman–Crippen LogP) is 3.52. The lowest BCUT2D eigenvalue weighted by Crippen LogP contribution is -2.38. The number of aromatic nitrogens is 2. The summed E-state index contributed by atoms with van der Waals surface area (Å²) in [5, 5.41) is 0.493. The number of alkyl halides is 3. The summed E-state index contributed by atoms with van der Waals surface area (Å²) < 4.78 is 51.7. The zero-order valence-corrected chi connectivity index (χ0v) is 13.0. The fourth-order valence-corrected chi connectivity index (χ4v) is 2.11. The van der Waals surface area contributed by atoms with Gasteiger partial charge in [0.2, 0.25) is 5.88 Å². The number of ether oxygens (including phenoxy) is 3. The highest BCUT2D eigenvalue weighted by Gasteiger charge is 2.28. The molecule has 1 aromatic carbocycles. The van der Waals surface area contributed by atoms with Crippen molar-refractivity contribution >= 4 is 11.6 Å². The Bertz CT molecular complexity index is 706. The van der Waals surface area contributed by atoms with Crippen molar-refractivity contribution in [3.8, 4) is 22.9 Å². The van der Waals surface area contributed by atoms with Crippen LogP contribution in [0.15, 0.2) is 30.6 Å². The Morgan fingerprint density at radius 3 is 2.58 bits per heavy atom. The zero-order chi connectivity index (χ0) is 17.2. The summed E-state index contributed by atoms with van der Waals surface area (Å²) in [6.07, 6.45) is -2.04. The van der Waals surface area contributed by atoms with Gasteiger partial charge in [0.15, 0.2) is 6.61 Å². The zero-order valence-electron chi connectivity index (χ0n) is 12.2. The van der Waals surface area contributed by atoms with E-state index in [1.807, 2.05) is 0 Å². The van der Waals surface area contributed by atoms with E-state index in [1.165, 1.54) is 6.20 Å². The molecule has 0 bridgehead atoms. The van der Waals surface area contributed by atoms with E-state index in [1.54, 1.807) is 18.2 Å². The molecule has 1 aliphatic heterocycles. The van der Waals surface area contributed by atoms with Gasteiger partial charge in [-0.15, -0.1) is 0 Å². The second kappa shape index (κ2) is 6.82. The Morgan fingerprint density at radius 2 is 2.00 bits per heavy atom. The smallest absolute Gasteiger partial charge is 0.422 e. The Balaban J connectivity index is 1.78. The van der Waals surface area contributed by atoms with Gasteiger partial charge >= 0.3 is 6.18 Å². The van der Waals surface area contributed by atoms with Crippen LogP contribution in [0, 0.1) is 0 Å². The third-order valence-electron chi connectivity index (χ3n) is 3.13. The van der Waals surface area contributed by atoms with Crippen molar-refractivity contribution in [1.29, 1.82) is 0 Å². The molecule has 3 rings (SSSR count). The lowest BCUT2D eigenvalue weighted by Gasteiger charge is -2.27. The summed E-state index contributed by atoms with van der Waals surface area (Å²) in [7, 11) is 0. The first kappa shape index (κ1) is 16.8. The minimum Gasteiger partial charge on any atom is -0.485 e. The van der Waals surface area contributed by atoms with E-state index < -0.39 is 12.8 Å². The maximum Gasteiger partial charge on any atom is 0.422 e. The van der Waals surface area contributed by atoms with Crippen LogP contribution < -0.4 is 9.47 Å². The molecule has 0 saturated carbocycles. The molecule has 1 aliphatic rings. The molecule has 0 unspecified atom stereocenters. The Labute approximate surface area is 140 Å². The second-order valence-electron chi connectivity index (χ2n) is 5.06. The number of halogens is 4. The monoisotopic (exact) mass is 360 g/mol. The maximum absolute atomic E-state index is 12.1. The van der Waals surface area contributed by atoms with Crippen LogP contribution in [-0.2, 0) is 4.74 Å². The number of benzene rings is 1. The molecule has 5 nitrogen and oxygen atoms in total. The van der Waals surface area contributed by atoms with Gasteiger partial charge in [-0.3, -0.25) is 0 Å². The Kier molecular flexibility index (Phi) is 4.77. The van der Waals surface area contributed by atoms with Gasteiger partial charge < -0.3 is 14.2 Å². The molecule has 24 heavy (non-hydrogen) atoms. The van der Waals surface area contributed by atoms with Gasteiger partial charge in [0.05, 0.1) is 31.3 Å². The molecule has 0 N–H and O–H groups in total. The van der Waals surface area contributed by atoms with Gasteiger partial charge in [0.25, 0.3) is 0 Å². The lowest BCUT2D eigenvalue weighted by atomic mass is 10.1. The molecule has 1 aromatic heterocycles. The average Bonchev–Trinajstić information content (AvgIpc) is 2.49. The molecule has 0 spiro atoms. The molecule has 1 saturated heterocycles. The quantitative estimate of drug-likeness (QED) is 0.816. The van der Waals surface area contributed by atoms with Gasteiger partial charge in [-0.25, -0.2) is 9.97 Å². The molecule has 128 valence electrons. The number of rotatable bonds is 5. The summed E-state index contributed by atoms with van der Waals surface area (Å²) in [5.41, 5.74) is 1.06. The summed E-state index contributed by atoms with van der Waals surface area (Å²) in [5.74, 6) is 0.300. The van der Waals surface area contributed by atoms with Crippen LogP contribution in [0.4, 0.5) is 13.2 Å². The highest BCUT2D eigenvalue weighted by Crippen LogP contribution is 2.33. The standard InChI is InChI=1S/C15H12ClF3N2O3/c16-9-1-2-11(13(3-9)24-10-6-22-7-10)12-4-21-14(5-20-12)23-8-15(17,18)19/h1-5,10H,6-8H2. The van der Waals surface area contributed by atoms with Crippen LogP contribution in [0.5, 0.6) is 11.6 Å². The van der Waals surface area contributed by atoms with E-state index in [-0.39, 0.29) is 12.0 Å². The molecule has 9 heteroatoms. The largest absolute Gasteiger partial charge is 0.485 e. The van der Waals surface area contributed by atoms with Crippen molar-refractivity contribution in [1.82, 2.24) is 9.97 Å². The minimum absolute atomic E-state index is 0.0652. The first-order valence-electron chi connectivity index (χ1n) is 6.96. The van der Waals surface area contributed by atoms with Crippen molar-refractivity contribution in [2.75, 3.05) is 19.8 Å². The Hall–Kier alpha value is -2.06. The molecule has 2 heterocycles. The van der Waals surface area contributed by atoms with E-state index in [9.17, 15) is 13.2 Å². The van der Waals surface area contributed by atoms with Crippen LogP contribution in [0.2, 0.25) is 5.02 Å². The summed E-state index contributed by atoms with van der Waals surface area (Å²) in [4.78, 5) is 7.92. The van der Waals surface area contributed by atoms with Gasteiger partial charge in [-0.2, -0.15) is 13.2 Å². The molecule has 1 fully saturated rings. The van der Waals surface area contributed by atoms with Crippen LogP contribution >= 0.6 is 11.6 Å². The van der Waals surface area contributed by atoms with Gasteiger partial charge in [-0.05, 0) is 18.2 Å². The van der Waals surface area contributed by atoms with Crippen LogP contribution in [-0.4, -0.2) is 42.1 Å². The molecule has 0 amide bonds. The SMILES string of the molecule is FC(F)(F)COc1cnc(-c2ccc(Cl)cc2OC2COC2)cn1. The third kappa shape index (κ3) is 4.27. The third-order valence-corrected chi connectivity index (χ3v) is 3.37. The number of nitrogens with zero attached hydrogens (tertiary/aromatic N) is 2. The van der Waals surface area contributed by atoms with Crippen molar-refractivity contribution in [2.45, 2.75) is 12.3 Å². The summed E-state index contributed by atoms with van der Waals surface area (Å²) in [6.45, 7) is -0.443. The molecular weight excluding hydrogens is 349 g/mol. The van der Waals surface area contributed by atoms with E-state index in [0.29, 0.717) is 35.2 Å². The van der Waals surface area contributed by atoms with Crippen molar-refractivity contribution in [3.63, 3.8) is 0 Å². The van der Waals surface area contributed by atoms with Crippen LogP contribution in [0.1, 0.15) is 0 Å². The first-order valence-corrected chi connectivity index (χ1v) is 7.34. The first-order chi connectivity index (χ1) is 11.4. The van der Waals surface area contributed by atoms with Gasteiger partial charge in [-0.1, -0.05) is 11.6 Å². The number of hydrogen-bond donors (Lipinski definition) is 0. The topological polar surface area (TPSA) is 53.5 Å². The van der Waals surface area contributed by atoms with E-state index in [4.69, 9.17) is 21.1 Å². The molecular formula is C15H12ClF3N2O3. The molecule has 0 atom stereocenters. The van der Waals surface area contributed by atoms with E-state index in [2.05, 4.69) is 14.7 Å². The molecule has 2 aromatic rings. The van der Waals surface area contributed by atoms with Crippen molar-refractivity contribution in [3.05, 3.63) is 35.6 Å². The highest BCUT2D eigenvalue weighted by atomic mass is 35.5. The summed E-state index contributed by atoms with van der Waals surface area (Å²) >= 11 is 5.98. The van der Waals surface area contributed by atoms with Crippen LogP contribution in [0.25, 0.3) is 11.3 Å². The Morgan fingerprint density at radius 1 is 1.21 bits per heavy atom. The molecule has 0 radical (unpaired) electrons. The van der Waals surface area contributed by atoms with Crippen LogP contribution in [0.3, 0.4) is 0 Å². The normalized spacial score (nSPS) is 15.0. The minimum atomic E-state index is -4.43. The van der Waals surface area contributed by atoms with Gasteiger partial charge in [0, 0.05) is 10.6 Å². The lowest BCUT2D eigenvalue weighted by molar-refractivity contribution is -0.154. The van der Waals surface area contributed by atoms with Crippen molar-refractivity contribution < 1.29 is 27.4 Å². The van der Waals surface area contributed by atoms with Crippen molar-refractivity contribution in [2.24, 2.45) is 0 Å². The van der Waals surface area contributed by atoms with E-state index in [0.717, 1.165) is 6.20 Å². The second-order valence-corrected chi connectivity index (χ2v) is 5.50. The van der Waals surface area contributed by atoms with E-state index >= 15 is 0 Å². The average molecular weight is 361 g/mol. The molecule has 0 aliphatic carbocycles. The predicted molar refractivity (Wildman–Crippen MR) is 79.3 cm³/mol. The summed E-state index contributed by atoms with van der Waals surface area (Å²) in [6, 6.07) is 5.01. The number of hydrogen-bond acceptors (Lipinski definition) is 5. The highest BCUT2D eigenvalue weighted by molar-refractivity contribution is 6.30. The maximum atomic E-state index is 12.1. The van der Waals surface area contributed by atoms with Gasteiger partial charge in [0.1, 0.15) is 11.9 Å². The fraction of sp³-hybridized carbons (Fsp3) is 0.333. The fourth-order valence-electron chi connectivity index (χ4n) is 1.95.